The number of aromatic nitrogens is 1. The molecule has 2 rings (SSSR count). The van der Waals surface area contributed by atoms with Crippen molar-refractivity contribution in [3.63, 3.8) is 0 Å². The number of nitrogens with one attached hydrogen (secondary N) is 1. The van der Waals surface area contributed by atoms with Crippen LogP contribution in [-0.2, 0) is 0 Å². The van der Waals surface area contributed by atoms with E-state index in [0.717, 1.165) is 11.6 Å². The maximum Gasteiger partial charge on any atom is 0.214 e. The lowest BCUT2D eigenvalue weighted by Crippen LogP contribution is -2.18. The summed E-state index contributed by atoms with van der Waals surface area (Å²) in [4.78, 5) is 3.56. The molecule has 88 valence electrons. The van der Waals surface area contributed by atoms with Gasteiger partial charge in [-0.2, -0.15) is 4.39 Å². The molecule has 1 heterocycles. The first-order valence-electron chi connectivity index (χ1n) is 6.12. The van der Waals surface area contributed by atoms with Crippen LogP contribution >= 0.6 is 0 Å². The second-order valence-electron chi connectivity index (χ2n) is 4.82. The molecule has 0 aromatic carbocycles. The third-order valence-electron chi connectivity index (χ3n) is 3.35. The van der Waals surface area contributed by atoms with Crippen LogP contribution in [0.5, 0.6) is 0 Å². The van der Waals surface area contributed by atoms with Gasteiger partial charge in [-0.3, -0.25) is 0 Å². The largest absolute Gasteiger partial charge is 0.382 e. The van der Waals surface area contributed by atoms with E-state index in [4.69, 9.17) is 0 Å². The molecule has 0 saturated heterocycles. The van der Waals surface area contributed by atoms with Crippen LogP contribution in [0.25, 0.3) is 0 Å². The Bertz CT molecular complexity index is 340. The molecule has 1 fully saturated rings. The highest BCUT2D eigenvalue weighted by atomic mass is 19.1. The standard InChI is InChI=1S/C13H19FN2/c1-10-3-2-4-11(6-5-10)16-12-7-8-15-13(14)9-12/h7-11H,2-6H2,1H3,(H,15,16). The lowest BCUT2D eigenvalue weighted by Gasteiger charge is -2.17. The van der Waals surface area contributed by atoms with Crippen LogP contribution in [0.2, 0.25) is 0 Å². The molecular formula is C13H19FN2. The van der Waals surface area contributed by atoms with Gasteiger partial charge >= 0.3 is 0 Å². The van der Waals surface area contributed by atoms with Gasteiger partial charge in [0.25, 0.3) is 0 Å². The smallest absolute Gasteiger partial charge is 0.214 e. The predicted molar refractivity (Wildman–Crippen MR) is 63.9 cm³/mol. The maximum absolute atomic E-state index is 12.9. The topological polar surface area (TPSA) is 24.9 Å². The Balaban J connectivity index is 1.93. The van der Waals surface area contributed by atoms with Crippen LogP contribution in [0.3, 0.4) is 0 Å². The average Bonchev–Trinajstić information content (AvgIpc) is 2.44. The Morgan fingerprint density at radius 1 is 1.31 bits per heavy atom. The normalized spacial score (nSPS) is 26.1. The number of hydrogen-bond acceptors (Lipinski definition) is 2. The van der Waals surface area contributed by atoms with Gasteiger partial charge < -0.3 is 5.32 Å². The van der Waals surface area contributed by atoms with Crippen molar-refractivity contribution in [2.45, 2.75) is 45.1 Å². The van der Waals surface area contributed by atoms with Crippen molar-refractivity contribution in [2.24, 2.45) is 5.92 Å². The van der Waals surface area contributed by atoms with Crippen LogP contribution in [-0.4, -0.2) is 11.0 Å². The summed E-state index contributed by atoms with van der Waals surface area (Å²) < 4.78 is 12.9. The van der Waals surface area contributed by atoms with Gasteiger partial charge in [-0.05, 0) is 31.2 Å². The summed E-state index contributed by atoms with van der Waals surface area (Å²) >= 11 is 0. The van der Waals surface area contributed by atoms with Crippen molar-refractivity contribution in [2.75, 3.05) is 5.32 Å². The number of pyridine rings is 1. The lowest BCUT2D eigenvalue weighted by molar-refractivity contribution is 0.502. The van der Waals surface area contributed by atoms with E-state index >= 15 is 0 Å². The summed E-state index contributed by atoms with van der Waals surface area (Å²) in [6.45, 7) is 2.31. The van der Waals surface area contributed by atoms with Gasteiger partial charge in [-0.1, -0.05) is 19.8 Å². The second-order valence-corrected chi connectivity index (χ2v) is 4.82. The van der Waals surface area contributed by atoms with Gasteiger partial charge in [0.1, 0.15) is 0 Å². The molecule has 16 heavy (non-hydrogen) atoms. The highest BCUT2D eigenvalue weighted by Crippen LogP contribution is 2.24. The zero-order valence-electron chi connectivity index (χ0n) is 9.75. The first-order chi connectivity index (χ1) is 7.74. The molecule has 1 aliphatic carbocycles. The summed E-state index contributed by atoms with van der Waals surface area (Å²) in [5, 5.41) is 3.40. The van der Waals surface area contributed by atoms with Crippen LogP contribution in [0.4, 0.5) is 10.1 Å². The van der Waals surface area contributed by atoms with E-state index in [1.165, 1.54) is 44.4 Å². The van der Waals surface area contributed by atoms with E-state index in [2.05, 4.69) is 17.2 Å². The summed E-state index contributed by atoms with van der Waals surface area (Å²) in [5.41, 5.74) is 0.854. The predicted octanol–water partition coefficient (Wildman–Crippen LogP) is 3.60. The first-order valence-corrected chi connectivity index (χ1v) is 6.12. The van der Waals surface area contributed by atoms with Crippen molar-refractivity contribution in [3.8, 4) is 0 Å². The summed E-state index contributed by atoms with van der Waals surface area (Å²) in [7, 11) is 0. The zero-order chi connectivity index (χ0) is 11.4. The van der Waals surface area contributed by atoms with Gasteiger partial charge in [0.05, 0.1) is 0 Å². The van der Waals surface area contributed by atoms with E-state index in [1.54, 1.807) is 0 Å². The quantitative estimate of drug-likeness (QED) is 0.611. The Morgan fingerprint density at radius 2 is 2.19 bits per heavy atom. The highest BCUT2D eigenvalue weighted by Gasteiger charge is 2.15. The number of rotatable bonds is 2. The molecule has 1 aromatic heterocycles. The van der Waals surface area contributed by atoms with Crippen LogP contribution in [0.1, 0.15) is 39.0 Å². The summed E-state index contributed by atoms with van der Waals surface area (Å²) in [5.74, 6) is 0.424. The minimum absolute atomic E-state index is 0.410. The number of anilines is 1. The second kappa shape index (κ2) is 5.28. The fourth-order valence-corrected chi connectivity index (χ4v) is 2.36. The highest BCUT2D eigenvalue weighted by molar-refractivity contribution is 5.42. The van der Waals surface area contributed by atoms with Gasteiger partial charge in [0.2, 0.25) is 5.95 Å². The molecule has 2 nitrogen and oxygen atoms in total. The van der Waals surface area contributed by atoms with Gasteiger partial charge in [0, 0.05) is 24.0 Å². The number of nitrogens with zero attached hydrogens (tertiary/aromatic N) is 1. The van der Waals surface area contributed by atoms with Crippen molar-refractivity contribution in [1.82, 2.24) is 4.98 Å². The van der Waals surface area contributed by atoms with Crippen molar-refractivity contribution in [1.29, 1.82) is 0 Å². The zero-order valence-corrected chi connectivity index (χ0v) is 9.75. The molecular weight excluding hydrogens is 203 g/mol. The van der Waals surface area contributed by atoms with Crippen molar-refractivity contribution in [3.05, 3.63) is 24.3 Å². The molecule has 0 bridgehead atoms. The average molecular weight is 222 g/mol. The summed E-state index contributed by atoms with van der Waals surface area (Å²) in [6, 6.07) is 3.79. The van der Waals surface area contributed by atoms with Crippen molar-refractivity contribution >= 4 is 5.69 Å². The molecule has 1 aromatic rings. The Labute approximate surface area is 96.3 Å². The SMILES string of the molecule is CC1CCCC(Nc2ccnc(F)c2)CC1. The monoisotopic (exact) mass is 222 g/mol. The fraction of sp³-hybridized carbons (Fsp3) is 0.615. The van der Waals surface area contributed by atoms with Gasteiger partial charge in [-0.15, -0.1) is 0 Å². The molecule has 0 spiro atoms. The molecule has 3 heteroatoms. The minimum atomic E-state index is -0.410. The maximum atomic E-state index is 12.9. The van der Waals surface area contributed by atoms with Gasteiger partial charge in [0.15, 0.2) is 0 Å². The Hall–Kier alpha value is -1.12. The first kappa shape index (κ1) is 11.4. The fourth-order valence-electron chi connectivity index (χ4n) is 2.36. The van der Waals surface area contributed by atoms with E-state index in [1.807, 2.05) is 6.07 Å². The number of hydrogen-bond donors (Lipinski definition) is 1. The Morgan fingerprint density at radius 3 is 3.00 bits per heavy atom. The third kappa shape index (κ3) is 3.19. The third-order valence-corrected chi connectivity index (χ3v) is 3.35. The van der Waals surface area contributed by atoms with Crippen molar-refractivity contribution < 1.29 is 4.39 Å². The van der Waals surface area contributed by atoms with E-state index in [9.17, 15) is 4.39 Å². The van der Waals surface area contributed by atoms with Crippen LogP contribution in [0, 0.1) is 11.9 Å². The number of halogens is 1. The molecule has 0 aliphatic heterocycles. The minimum Gasteiger partial charge on any atom is -0.382 e. The molecule has 1 N–H and O–H groups in total. The Kier molecular flexibility index (Phi) is 3.75. The molecule has 1 aliphatic rings. The molecule has 0 amide bonds. The van der Waals surface area contributed by atoms with E-state index < -0.39 is 5.95 Å². The van der Waals surface area contributed by atoms with E-state index in [0.29, 0.717) is 6.04 Å². The molecule has 1 saturated carbocycles. The van der Waals surface area contributed by atoms with E-state index in [-0.39, 0.29) is 0 Å². The molecule has 2 unspecified atom stereocenters. The molecule has 2 atom stereocenters. The van der Waals surface area contributed by atoms with Crippen LogP contribution < -0.4 is 5.32 Å². The lowest BCUT2D eigenvalue weighted by atomic mass is 10.0. The molecule has 0 radical (unpaired) electrons. The van der Waals surface area contributed by atoms with Crippen LogP contribution in [0.15, 0.2) is 18.3 Å². The summed E-state index contributed by atoms with van der Waals surface area (Å²) in [6.07, 6.45) is 7.75. The van der Waals surface area contributed by atoms with Gasteiger partial charge in [-0.25, -0.2) is 4.98 Å².